The van der Waals surface area contributed by atoms with Crippen LogP contribution in [-0.4, -0.2) is 60.7 Å². The number of anilines is 2. The average Bonchev–Trinajstić information content (AvgIpc) is 2.91. The van der Waals surface area contributed by atoms with E-state index in [9.17, 15) is 28.1 Å². The van der Waals surface area contributed by atoms with Crippen molar-refractivity contribution in [3.8, 4) is 0 Å². The number of hydrogen-bond acceptors (Lipinski definition) is 6. The highest BCUT2D eigenvalue weighted by Gasteiger charge is 2.36. The lowest BCUT2D eigenvalue weighted by atomic mass is 9.87. The number of amides is 1. The largest absolute Gasteiger partial charge is 0.418 e. The molecule has 2 aromatic rings. The Morgan fingerprint density at radius 3 is 2.17 bits per heavy atom. The third-order valence-corrected chi connectivity index (χ3v) is 7.73. The molecule has 1 aliphatic carbocycles. The zero-order valence-corrected chi connectivity index (χ0v) is 23.2. The third kappa shape index (κ3) is 7.44. The Balaban J connectivity index is 1.20. The second kappa shape index (κ2) is 12.0. The SMILES string of the molecule is CC(C)(C)c1ccc(N2CCN(C(=O)COC3CCC(Nc4ccc([N+](=O)[O-])cc4C(F)(F)F)CC3)CC2)cc1. The highest BCUT2D eigenvalue weighted by atomic mass is 19.4. The number of nitro benzene ring substituents is 1. The Bertz CT molecular complexity index is 1180. The van der Waals surface area contributed by atoms with Crippen molar-refractivity contribution in [1.82, 2.24) is 4.90 Å². The summed E-state index contributed by atoms with van der Waals surface area (Å²) in [6.07, 6.45) is -2.49. The van der Waals surface area contributed by atoms with E-state index in [1.54, 1.807) is 0 Å². The zero-order chi connectivity index (χ0) is 29.1. The molecule has 0 bridgehead atoms. The predicted molar refractivity (Wildman–Crippen MR) is 148 cm³/mol. The van der Waals surface area contributed by atoms with Crippen molar-refractivity contribution in [3.63, 3.8) is 0 Å². The van der Waals surface area contributed by atoms with Crippen molar-refractivity contribution >= 4 is 23.0 Å². The Morgan fingerprint density at radius 1 is 1.00 bits per heavy atom. The minimum Gasteiger partial charge on any atom is -0.382 e. The molecular weight excluding hydrogens is 525 g/mol. The maximum Gasteiger partial charge on any atom is 0.418 e. The molecule has 0 atom stereocenters. The van der Waals surface area contributed by atoms with Gasteiger partial charge in [0.1, 0.15) is 6.61 Å². The molecule has 4 rings (SSSR count). The summed E-state index contributed by atoms with van der Waals surface area (Å²) < 4.78 is 46.3. The topological polar surface area (TPSA) is 88.0 Å². The van der Waals surface area contributed by atoms with Gasteiger partial charge < -0.3 is 19.9 Å². The number of carbonyl (C=O) groups excluding carboxylic acids is 1. The van der Waals surface area contributed by atoms with Crippen molar-refractivity contribution in [2.75, 3.05) is 43.0 Å². The summed E-state index contributed by atoms with van der Waals surface area (Å²) in [4.78, 5) is 26.9. The molecule has 0 radical (unpaired) electrons. The van der Waals surface area contributed by atoms with E-state index in [0.717, 1.165) is 30.9 Å². The highest BCUT2D eigenvalue weighted by molar-refractivity contribution is 5.77. The van der Waals surface area contributed by atoms with Crippen molar-refractivity contribution < 1.29 is 27.6 Å². The lowest BCUT2D eigenvalue weighted by Gasteiger charge is -2.37. The predicted octanol–water partition coefficient (Wildman–Crippen LogP) is 6.00. The Hall–Kier alpha value is -3.34. The quantitative estimate of drug-likeness (QED) is 0.329. The molecule has 1 N–H and O–H groups in total. The molecular formula is C29H37F3N4O4. The average molecular weight is 563 g/mol. The molecule has 0 aromatic heterocycles. The highest BCUT2D eigenvalue weighted by Crippen LogP contribution is 2.38. The van der Waals surface area contributed by atoms with Gasteiger partial charge in [-0.25, -0.2) is 0 Å². The number of halogens is 3. The Labute approximate surface area is 232 Å². The van der Waals surface area contributed by atoms with Crippen LogP contribution in [0.2, 0.25) is 0 Å². The minimum absolute atomic E-state index is 0.0103. The van der Waals surface area contributed by atoms with Gasteiger partial charge in [-0.15, -0.1) is 0 Å². The number of benzene rings is 2. The number of ether oxygens (including phenoxy) is 1. The second-order valence-electron chi connectivity index (χ2n) is 11.6. The molecule has 11 heteroatoms. The van der Waals surface area contributed by atoms with Gasteiger partial charge in [0.05, 0.1) is 16.6 Å². The van der Waals surface area contributed by atoms with E-state index in [1.165, 1.54) is 5.56 Å². The van der Waals surface area contributed by atoms with Gasteiger partial charge in [-0.05, 0) is 54.9 Å². The number of non-ortho nitro benzene ring substituents is 1. The fraction of sp³-hybridized carbons (Fsp3) is 0.552. The van der Waals surface area contributed by atoms with Crippen LogP contribution in [0.4, 0.5) is 30.2 Å². The molecule has 2 aromatic carbocycles. The molecule has 2 aliphatic rings. The normalized spacial score (nSPS) is 20.4. The summed E-state index contributed by atoms with van der Waals surface area (Å²) >= 11 is 0. The van der Waals surface area contributed by atoms with Crippen molar-refractivity contribution in [1.29, 1.82) is 0 Å². The van der Waals surface area contributed by atoms with E-state index in [2.05, 4.69) is 55.3 Å². The van der Waals surface area contributed by atoms with Crippen molar-refractivity contribution in [2.45, 2.75) is 70.2 Å². The van der Waals surface area contributed by atoms with Crippen LogP contribution in [0.15, 0.2) is 42.5 Å². The third-order valence-electron chi connectivity index (χ3n) is 7.73. The van der Waals surface area contributed by atoms with Gasteiger partial charge in [0.25, 0.3) is 5.69 Å². The number of nitro groups is 1. The maximum atomic E-state index is 13.5. The zero-order valence-electron chi connectivity index (χ0n) is 23.2. The van der Waals surface area contributed by atoms with Crippen LogP contribution >= 0.6 is 0 Å². The lowest BCUT2D eigenvalue weighted by Crippen LogP contribution is -2.50. The number of rotatable bonds is 7. The van der Waals surface area contributed by atoms with Gasteiger partial charge in [0.2, 0.25) is 5.91 Å². The van der Waals surface area contributed by atoms with Gasteiger partial charge in [-0.3, -0.25) is 14.9 Å². The second-order valence-corrected chi connectivity index (χ2v) is 11.6. The van der Waals surface area contributed by atoms with Crippen LogP contribution in [0.1, 0.15) is 57.6 Å². The molecule has 0 spiro atoms. The fourth-order valence-corrected chi connectivity index (χ4v) is 5.27. The van der Waals surface area contributed by atoms with Crippen molar-refractivity contribution in [3.05, 3.63) is 63.7 Å². The molecule has 1 saturated carbocycles. The number of nitrogens with zero attached hydrogens (tertiary/aromatic N) is 3. The molecule has 2 fully saturated rings. The van der Waals surface area contributed by atoms with Crippen LogP contribution < -0.4 is 10.2 Å². The molecule has 8 nitrogen and oxygen atoms in total. The lowest BCUT2D eigenvalue weighted by molar-refractivity contribution is -0.385. The number of nitrogens with one attached hydrogen (secondary N) is 1. The number of hydrogen-bond donors (Lipinski definition) is 1. The number of alkyl halides is 3. The van der Waals surface area contributed by atoms with Crippen LogP contribution in [-0.2, 0) is 21.1 Å². The van der Waals surface area contributed by atoms with Crippen molar-refractivity contribution in [2.24, 2.45) is 0 Å². The van der Waals surface area contributed by atoms with Gasteiger partial charge in [0, 0.05) is 55.7 Å². The Kier molecular flexibility index (Phi) is 8.92. The summed E-state index contributed by atoms with van der Waals surface area (Å²) in [5.41, 5.74) is 0.719. The first-order valence-electron chi connectivity index (χ1n) is 13.7. The standard InChI is InChI=1S/C29H37F3N4O4/c1-28(2,3)20-4-8-22(9-5-20)34-14-16-35(17-15-34)27(37)19-40-24-11-6-21(7-12-24)33-26-13-10-23(36(38)39)18-25(26)29(30,31)32/h4-5,8-10,13,18,21,24,33H,6-7,11-12,14-17,19H2,1-3H3. The summed E-state index contributed by atoms with van der Waals surface area (Å²) in [5, 5.41) is 13.8. The van der Waals surface area contributed by atoms with E-state index in [4.69, 9.17) is 4.74 Å². The van der Waals surface area contributed by atoms with Crippen LogP contribution in [0.25, 0.3) is 0 Å². The maximum absolute atomic E-state index is 13.5. The van der Waals surface area contributed by atoms with E-state index in [1.807, 2.05) is 4.90 Å². The first kappa shape index (κ1) is 29.6. The van der Waals surface area contributed by atoms with E-state index in [-0.39, 0.29) is 35.8 Å². The van der Waals surface area contributed by atoms with Gasteiger partial charge in [-0.1, -0.05) is 32.9 Å². The molecule has 0 unspecified atom stereocenters. The molecule has 1 aliphatic heterocycles. The summed E-state index contributed by atoms with van der Waals surface area (Å²) in [5.74, 6) is -0.0522. The molecule has 1 saturated heterocycles. The van der Waals surface area contributed by atoms with E-state index >= 15 is 0 Å². The molecule has 1 heterocycles. The minimum atomic E-state index is -4.71. The summed E-state index contributed by atoms with van der Waals surface area (Å²) in [7, 11) is 0. The van der Waals surface area contributed by atoms with Gasteiger partial charge in [0.15, 0.2) is 0 Å². The number of piperazine rings is 1. The van der Waals surface area contributed by atoms with Crippen LogP contribution in [0.3, 0.4) is 0 Å². The first-order chi connectivity index (χ1) is 18.8. The van der Waals surface area contributed by atoms with Gasteiger partial charge >= 0.3 is 6.18 Å². The summed E-state index contributed by atoms with van der Waals surface area (Å²) in [6.45, 7) is 9.29. The molecule has 1 amide bonds. The fourth-order valence-electron chi connectivity index (χ4n) is 5.27. The van der Waals surface area contributed by atoms with E-state index in [0.29, 0.717) is 44.8 Å². The Morgan fingerprint density at radius 2 is 1.62 bits per heavy atom. The smallest absolute Gasteiger partial charge is 0.382 e. The molecule has 218 valence electrons. The van der Waals surface area contributed by atoms with Crippen LogP contribution in [0.5, 0.6) is 0 Å². The van der Waals surface area contributed by atoms with Gasteiger partial charge in [-0.2, -0.15) is 13.2 Å². The van der Waals surface area contributed by atoms with Crippen LogP contribution in [0, 0.1) is 10.1 Å². The number of carbonyl (C=O) groups is 1. The van der Waals surface area contributed by atoms with E-state index < -0.39 is 22.4 Å². The molecule has 40 heavy (non-hydrogen) atoms. The monoisotopic (exact) mass is 562 g/mol. The first-order valence-corrected chi connectivity index (χ1v) is 13.7. The summed E-state index contributed by atoms with van der Waals surface area (Å²) in [6, 6.07) is 11.1.